The van der Waals surface area contributed by atoms with E-state index in [2.05, 4.69) is 4.98 Å². The van der Waals surface area contributed by atoms with Crippen molar-refractivity contribution in [2.45, 2.75) is 39.3 Å². The summed E-state index contributed by atoms with van der Waals surface area (Å²) in [5.74, 6) is 0. The van der Waals surface area contributed by atoms with Crippen LogP contribution in [0.2, 0.25) is 0 Å². The molecule has 2 rings (SSSR count). The molecule has 0 N–H and O–H groups in total. The van der Waals surface area contributed by atoms with Crippen molar-refractivity contribution in [3.8, 4) is 0 Å². The molecule has 0 saturated carbocycles. The Morgan fingerprint density at radius 3 is 2.22 bits per heavy atom. The second-order valence-electron chi connectivity index (χ2n) is 5.35. The van der Waals surface area contributed by atoms with Crippen molar-refractivity contribution in [2.75, 3.05) is 0 Å². The van der Waals surface area contributed by atoms with E-state index in [0.717, 1.165) is 0 Å². The van der Waals surface area contributed by atoms with Gasteiger partial charge in [0.1, 0.15) is 0 Å². The zero-order chi connectivity index (χ0) is 13.7. The molecule has 0 saturated heterocycles. The molecule has 0 amide bonds. The Kier molecular flexibility index (Phi) is 2.93. The first-order valence-corrected chi connectivity index (χ1v) is 6.39. The summed E-state index contributed by atoms with van der Waals surface area (Å²) in [6.45, 7) is 7.44. The molecule has 0 bridgehead atoms. The van der Waals surface area contributed by atoms with Crippen molar-refractivity contribution in [1.29, 1.82) is 0 Å². The van der Waals surface area contributed by atoms with Crippen LogP contribution in [0.25, 0.3) is 10.2 Å². The van der Waals surface area contributed by atoms with E-state index in [-0.39, 0.29) is 10.9 Å². The van der Waals surface area contributed by atoms with Crippen LogP contribution in [0.5, 0.6) is 0 Å². The van der Waals surface area contributed by atoms with Crippen LogP contribution in [0, 0.1) is 6.92 Å². The van der Waals surface area contributed by atoms with Gasteiger partial charge >= 0.3 is 6.18 Å². The molecule has 2 aromatic rings. The minimum atomic E-state index is -4.36. The van der Waals surface area contributed by atoms with E-state index in [0.29, 0.717) is 15.3 Å². The Morgan fingerprint density at radius 2 is 1.72 bits per heavy atom. The topological polar surface area (TPSA) is 12.9 Å². The number of aromatic nitrogens is 1. The van der Waals surface area contributed by atoms with Gasteiger partial charge in [0.15, 0.2) is 0 Å². The highest BCUT2D eigenvalue weighted by Gasteiger charge is 2.35. The highest BCUT2D eigenvalue weighted by molar-refractivity contribution is 7.18. The van der Waals surface area contributed by atoms with E-state index in [1.54, 1.807) is 6.92 Å². The van der Waals surface area contributed by atoms with Gasteiger partial charge in [-0.3, -0.25) is 0 Å². The second kappa shape index (κ2) is 3.95. The van der Waals surface area contributed by atoms with Gasteiger partial charge in [-0.25, -0.2) is 4.98 Å². The van der Waals surface area contributed by atoms with Crippen LogP contribution in [0.4, 0.5) is 13.2 Å². The molecule has 5 heteroatoms. The Morgan fingerprint density at radius 1 is 1.11 bits per heavy atom. The molecule has 1 nitrogen and oxygen atoms in total. The van der Waals surface area contributed by atoms with Gasteiger partial charge in [0.25, 0.3) is 0 Å². The van der Waals surface area contributed by atoms with E-state index in [9.17, 15) is 13.2 Å². The maximum Gasteiger partial charge on any atom is 0.418 e. The largest absolute Gasteiger partial charge is 0.418 e. The van der Waals surface area contributed by atoms with Gasteiger partial charge in [-0.2, -0.15) is 13.2 Å². The van der Waals surface area contributed by atoms with Gasteiger partial charge in [-0.1, -0.05) is 20.8 Å². The Bertz CT molecular complexity index is 591. The van der Waals surface area contributed by atoms with E-state index in [1.807, 2.05) is 26.8 Å². The monoisotopic (exact) mass is 273 g/mol. The van der Waals surface area contributed by atoms with E-state index in [4.69, 9.17) is 0 Å². The third-order valence-corrected chi connectivity index (χ3v) is 3.69. The molecule has 98 valence electrons. The molecule has 1 heterocycles. The predicted molar refractivity (Wildman–Crippen MR) is 68.1 cm³/mol. The third-order valence-electron chi connectivity index (χ3n) is 2.77. The van der Waals surface area contributed by atoms with Gasteiger partial charge in [-0.15, -0.1) is 11.3 Å². The van der Waals surface area contributed by atoms with Gasteiger partial charge < -0.3 is 0 Å². The third kappa shape index (κ3) is 2.36. The molecule has 1 aromatic heterocycles. The zero-order valence-corrected chi connectivity index (χ0v) is 11.5. The predicted octanol–water partition coefficient (Wildman–Crippen LogP) is 4.92. The average molecular weight is 273 g/mol. The first kappa shape index (κ1) is 13.3. The molecule has 0 aliphatic carbocycles. The minimum Gasteiger partial charge on any atom is -0.241 e. The van der Waals surface area contributed by atoms with Crippen LogP contribution >= 0.6 is 11.3 Å². The lowest BCUT2D eigenvalue weighted by molar-refractivity contribution is -0.136. The van der Waals surface area contributed by atoms with Crippen LogP contribution in [-0.4, -0.2) is 4.98 Å². The summed E-state index contributed by atoms with van der Waals surface area (Å²) >= 11 is 1.30. The molecular formula is C13H14F3NS. The normalized spacial score (nSPS) is 13.3. The van der Waals surface area contributed by atoms with Crippen LogP contribution in [0.1, 0.15) is 36.9 Å². The van der Waals surface area contributed by atoms with Gasteiger partial charge in [0.05, 0.1) is 20.8 Å². The van der Waals surface area contributed by atoms with Crippen molar-refractivity contribution >= 4 is 21.6 Å². The van der Waals surface area contributed by atoms with Crippen LogP contribution in [0.3, 0.4) is 0 Å². The maximum absolute atomic E-state index is 13.1. The Balaban J connectivity index is 2.81. The first-order valence-electron chi connectivity index (χ1n) is 5.58. The molecule has 0 spiro atoms. The lowest BCUT2D eigenvalue weighted by Crippen LogP contribution is -2.14. The van der Waals surface area contributed by atoms with E-state index >= 15 is 0 Å². The number of halogens is 3. The summed E-state index contributed by atoms with van der Waals surface area (Å²) in [6.07, 6.45) is -4.36. The molecule has 0 radical (unpaired) electrons. The second-order valence-corrected chi connectivity index (χ2v) is 6.59. The van der Waals surface area contributed by atoms with Gasteiger partial charge in [-0.05, 0) is 30.0 Å². The summed E-state index contributed by atoms with van der Waals surface area (Å²) in [5, 5.41) is 0.654. The minimum absolute atomic E-state index is 0.0676. The van der Waals surface area contributed by atoms with Crippen LogP contribution in [0.15, 0.2) is 12.1 Å². The highest BCUT2D eigenvalue weighted by Crippen LogP contribution is 2.39. The molecule has 0 fully saturated rings. The Labute approximate surface area is 108 Å². The number of thiazole rings is 1. The quantitative estimate of drug-likeness (QED) is 0.664. The summed E-state index contributed by atoms with van der Waals surface area (Å²) in [6, 6.07) is 3.04. The summed E-state index contributed by atoms with van der Waals surface area (Å²) in [5.41, 5.74) is -0.190. The van der Waals surface area contributed by atoms with Gasteiger partial charge in [0.2, 0.25) is 0 Å². The molecule has 1 aromatic carbocycles. The number of hydrogen-bond acceptors (Lipinski definition) is 2. The highest BCUT2D eigenvalue weighted by atomic mass is 32.1. The fourth-order valence-corrected chi connectivity index (χ4v) is 2.68. The zero-order valence-electron chi connectivity index (χ0n) is 10.6. The average Bonchev–Trinajstić information content (AvgIpc) is 2.52. The lowest BCUT2D eigenvalue weighted by atomic mass is 9.86. The number of rotatable bonds is 0. The van der Waals surface area contributed by atoms with E-state index < -0.39 is 11.7 Å². The summed E-state index contributed by atoms with van der Waals surface area (Å²) in [7, 11) is 0. The molecule has 0 atom stereocenters. The number of hydrogen-bond donors (Lipinski definition) is 0. The van der Waals surface area contributed by atoms with Crippen LogP contribution < -0.4 is 0 Å². The number of benzene rings is 1. The van der Waals surface area contributed by atoms with E-state index in [1.165, 1.54) is 17.4 Å². The van der Waals surface area contributed by atoms with Crippen molar-refractivity contribution in [3.63, 3.8) is 0 Å². The van der Waals surface area contributed by atoms with Crippen molar-refractivity contribution < 1.29 is 13.2 Å². The standard InChI is InChI=1S/C13H14F3NS/c1-7-17-11-9(13(14,15)16)5-8(12(2,3)4)6-10(11)18-7/h5-6H,1-4H3. The fourth-order valence-electron chi connectivity index (χ4n) is 1.79. The molecule has 18 heavy (non-hydrogen) atoms. The first-order chi connectivity index (χ1) is 8.09. The number of fused-ring (bicyclic) bond motifs is 1. The summed E-state index contributed by atoms with van der Waals surface area (Å²) < 4.78 is 39.8. The molecule has 0 unspecified atom stereocenters. The maximum atomic E-state index is 13.1. The van der Waals surface area contributed by atoms with Crippen molar-refractivity contribution in [3.05, 3.63) is 28.3 Å². The van der Waals surface area contributed by atoms with Crippen molar-refractivity contribution in [1.82, 2.24) is 4.98 Å². The van der Waals surface area contributed by atoms with Crippen LogP contribution in [-0.2, 0) is 11.6 Å². The summed E-state index contributed by atoms with van der Waals surface area (Å²) in [4.78, 5) is 4.00. The van der Waals surface area contributed by atoms with Crippen molar-refractivity contribution in [2.24, 2.45) is 0 Å². The smallest absolute Gasteiger partial charge is 0.241 e. The Hall–Kier alpha value is -1.10. The lowest BCUT2D eigenvalue weighted by Gasteiger charge is -2.20. The molecular weight excluding hydrogens is 259 g/mol. The number of aryl methyl sites for hydroxylation is 1. The van der Waals surface area contributed by atoms with Gasteiger partial charge in [0, 0.05) is 0 Å². The number of nitrogens with zero attached hydrogens (tertiary/aromatic N) is 1. The SMILES string of the molecule is Cc1nc2c(C(F)(F)F)cc(C(C)(C)C)cc2s1. The molecule has 0 aliphatic heterocycles. The molecule has 0 aliphatic rings. The fraction of sp³-hybridized carbons (Fsp3) is 0.462. The number of alkyl halides is 3.